The predicted octanol–water partition coefficient (Wildman–Crippen LogP) is 4.91. The quantitative estimate of drug-likeness (QED) is 0.836. The Morgan fingerprint density at radius 1 is 1.23 bits per heavy atom. The van der Waals surface area contributed by atoms with Crippen molar-refractivity contribution in [2.24, 2.45) is 0 Å². The predicted molar refractivity (Wildman–Crippen MR) is 95.4 cm³/mol. The van der Waals surface area contributed by atoms with Crippen LogP contribution in [-0.2, 0) is 11.2 Å². The van der Waals surface area contributed by atoms with Gasteiger partial charge in [-0.05, 0) is 48.2 Å². The summed E-state index contributed by atoms with van der Waals surface area (Å²) in [6.45, 7) is 5.36. The third kappa shape index (κ3) is 3.43. The molecule has 2 aromatic rings. The third-order valence-electron chi connectivity index (χ3n) is 4.89. The lowest BCUT2D eigenvalue weighted by Gasteiger charge is -2.38. The minimum atomic E-state index is -4.51. The maximum absolute atomic E-state index is 13.9. The number of nitrogens with zero attached hydrogens (tertiary/aromatic N) is 1. The molecule has 3 rings (SSSR count). The number of fused-ring (bicyclic) bond motifs is 1. The summed E-state index contributed by atoms with van der Waals surface area (Å²) < 4.78 is 41.8. The number of hydrogen-bond donors (Lipinski definition) is 1. The molecule has 26 heavy (non-hydrogen) atoms. The summed E-state index contributed by atoms with van der Waals surface area (Å²) in [5, 5.41) is 2.81. The van der Waals surface area contributed by atoms with Crippen molar-refractivity contribution in [1.82, 2.24) is 10.4 Å². The van der Waals surface area contributed by atoms with Crippen molar-refractivity contribution in [3.63, 3.8) is 0 Å². The number of hydrazine groups is 1. The topological polar surface area (TPSA) is 32.3 Å². The minimum absolute atomic E-state index is 0.0355. The summed E-state index contributed by atoms with van der Waals surface area (Å²) in [4.78, 5) is 11.7. The molecule has 1 saturated heterocycles. The van der Waals surface area contributed by atoms with Gasteiger partial charge in [0.25, 0.3) is 0 Å². The molecule has 0 unspecified atom stereocenters. The molecule has 1 amide bonds. The van der Waals surface area contributed by atoms with Crippen molar-refractivity contribution in [3.05, 3.63) is 47.5 Å². The van der Waals surface area contributed by atoms with Crippen LogP contribution in [0.4, 0.5) is 13.2 Å². The van der Waals surface area contributed by atoms with E-state index in [1.54, 1.807) is 26.0 Å². The maximum atomic E-state index is 13.9. The average molecular weight is 364 g/mol. The summed E-state index contributed by atoms with van der Waals surface area (Å²) in [7, 11) is 0. The number of rotatable bonds is 4. The van der Waals surface area contributed by atoms with Gasteiger partial charge in [0, 0.05) is 12.0 Å². The van der Waals surface area contributed by atoms with E-state index in [4.69, 9.17) is 0 Å². The Hall–Kier alpha value is -2.08. The van der Waals surface area contributed by atoms with Crippen LogP contribution in [0.25, 0.3) is 10.8 Å². The SMILES string of the molecule is CCCc1cccc2cc([C@H](N3NC(=O)CC3(C)C)C(F)(F)F)ccc12. The molecule has 0 bridgehead atoms. The third-order valence-corrected chi connectivity index (χ3v) is 4.89. The fourth-order valence-corrected chi connectivity index (χ4v) is 3.73. The van der Waals surface area contributed by atoms with Crippen molar-refractivity contribution in [1.29, 1.82) is 0 Å². The number of carbonyl (C=O) groups excluding carboxylic acids is 1. The monoisotopic (exact) mass is 364 g/mol. The van der Waals surface area contributed by atoms with E-state index >= 15 is 0 Å². The van der Waals surface area contributed by atoms with Gasteiger partial charge in [0.05, 0.1) is 0 Å². The number of hydrogen-bond acceptors (Lipinski definition) is 2. The molecule has 140 valence electrons. The summed E-state index contributed by atoms with van der Waals surface area (Å²) >= 11 is 0. The summed E-state index contributed by atoms with van der Waals surface area (Å²) in [6.07, 6.45) is -2.62. The van der Waals surface area contributed by atoms with Crippen LogP contribution in [0.1, 0.15) is 50.8 Å². The van der Waals surface area contributed by atoms with Gasteiger partial charge in [0.15, 0.2) is 6.04 Å². The van der Waals surface area contributed by atoms with Crippen LogP contribution in [0.3, 0.4) is 0 Å². The highest BCUT2D eigenvalue weighted by molar-refractivity contribution is 5.86. The van der Waals surface area contributed by atoms with Crippen LogP contribution in [0.2, 0.25) is 0 Å². The molecule has 0 saturated carbocycles. The van der Waals surface area contributed by atoms with E-state index in [0.717, 1.165) is 34.2 Å². The number of nitrogens with one attached hydrogen (secondary N) is 1. The minimum Gasteiger partial charge on any atom is -0.287 e. The van der Waals surface area contributed by atoms with Gasteiger partial charge in [-0.2, -0.15) is 18.2 Å². The molecule has 1 aliphatic heterocycles. The second-order valence-corrected chi connectivity index (χ2v) is 7.49. The van der Waals surface area contributed by atoms with Gasteiger partial charge >= 0.3 is 6.18 Å². The summed E-state index contributed by atoms with van der Waals surface area (Å²) in [6, 6.07) is 8.71. The molecular weight excluding hydrogens is 341 g/mol. The van der Waals surface area contributed by atoms with Crippen LogP contribution in [-0.4, -0.2) is 22.6 Å². The molecular formula is C20H23F3N2O. The van der Waals surface area contributed by atoms with Crippen molar-refractivity contribution in [2.45, 2.75) is 57.8 Å². The molecule has 2 aromatic carbocycles. The zero-order valence-electron chi connectivity index (χ0n) is 15.2. The van der Waals surface area contributed by atoms with Gasteiger partial charge in [-0.25, -0.2) is 0 Å². The lowest BCUT2D eigenvalue weighted by atomic mass is 9.94. The lowest BCUT2D eigenvalue weighted by molar-refractivity contribution is -0.203. The Labute approximate surface area is 151 Å². The van der Waals surface area contributed by atoms with Gasteiger partial charge in [-0.3, -0.25) is 10.2 Å². The average Bonchev–Trinajstić information content (AvgIpc) is 2.79. The van der Waals surface area contributed by atoms with Crippen LogP contribution in [0, 0.1) is 0 Å². The van der Waals surface area contributed by atoms with E-state index in [0.29, 0.717) is 0 Å². The zero-order chi connectivity index (χ0) is 19.1. The van der Waals surface area contributed by atoms with E-state index < -0.39 is 23.7 Å². The molecule has 3 nitrogen and oxygen atoms in total. The lowest BCUT2D eigenvalue weighted by Crippen LogP contribution is -2.51. The maximum Gasteiger partial charge on any atom is 0.409 e. The van der Waals surface area contributed by atoms with Crippen molar-refractivity contribution >= 4 is 16.7 Å². The Kier molecular flexibility index (Phi) is 4.73. The first-order valence-electron chi connectivity index (χ1n) is 8.80. The zero-order valence-corrected chi connectivity index (χ0v) is 15.2. The standard InChI is InChI=1S/C20H23F3N2O/c1-4-6-13-7-5-8-14-11-15(9-10-16(13)14)18(20(21,22)23)25-19(2,3)12-17(26)24-25/h5,7-11,18H,4,6,12H2,1-3H3,(H,24,26)/t18-/m0/s1. The largest absolute Gasteiger partial charge is 0.409 e. The molecule has 1 aliphatic rings. The van der Waals surface area contributed by atoms with E-state index in [1.165, 1.54) is 6.07 Å². The number of halogens is 3. The number of aryl methyl sites for hydroxylation is 1. The van der Waals surface area contributed by atoms with Gasteiger partial charge in [-0.1, -0.05) is 43.7 Å². The molecule has 6 heteroatoms. The van der Waals surface area contributed by atoms with Gasteiger partial charge in [-0.15, -0.1) is 0 Å². The van der Waals surface area contributed by atoms with E-state index in [1.807, 2.05) is 18.2 Å². The highest BCUT2D eigenvalue weighted by Gasteiger charge is 2.52. The molecule has 1 N–H and O–H groups in total. The Bertz CT molecular complexity index is 829. The van der Waals surface area contributed by atoms with Gasteiger partial charge in [0.1, 0.15) is 0 Å². The first-order valence-corrected chi connectivity index (χ1v) is 8.80. The molecule has 0 spiro atoms. The van der Waals surface area contributed by atoms with Crippen LogP contribution >= 0.6 is 0 Å². The molecule has 1 heterocycles. The van der Waals surface area contributed by atoms with E-state index in [-0.39, 0.29) is 12.0 Å². The molecule has 0 radical (unpaired) electrons. The second kappa shape index (κ2) is 6.58. The van der Waals surface area contributed by atoms with Crippen molar-refractivity contribution < 1.29 is 18.0 Å². The van der Waals surface area contributed by atoms with Crippen LogP contribution < -0.4 is 5.43 Å². The molecule has 1 atom stereocenters. The Morgan fingerprint density at radius 3 is 2.54 bits per heavy atom. The smallest absolute Gasteiger partial charge is 0.287 e. The normalized spacial score (nSPS) is 18.9. The van der Waals surface area contributed by atoms with E-state index in [9.17, 15) is 18.0 Å². The highest BCUT2D eigenvalue weighted by Crippen LogP contribution is 2.43. The Morgan fingerprint density at radius 2 is 1.96 bits per heavy atom. The number of carbonyl (C=O) groups is 1. The number of amides is 1. The highest BCUT2D eigenvalue weighted by atomic mass is 19.4. The van der Waals surface area contributed by atoms with Gasteiger partial charge < -0.3 is 0 Å². The molecule has 0 aromatic heterocycles. The van der Waals surface area contributed by atoms with Gasteiger partial charge in [0.2, 0.25) is 5.91 Å². The summed E-state index contributed by atoms with van der Waals surface area (Å²) in [5.74, 6) is -0.393. The van der Waals surface area contributed by atoms with Crippen LogP contribution in [0.5, 0.6) is 0 Å². The Balaban J connectivity index is 2.09. The number of alkyl halides is 3. The first kappa shape index (κ1) is 18.7. The molecule has 1 fully saturated rings. The fourth-order valence-electron chi connectivity index (χ4n) is 3.73. The fraction of sp³-hybridized carbons (Fsp3) is 0.450. The van der Waals surface area contributed by atoms with Crippen molar-refractivity contribution in [2.75, 3.05) is 0 Å². The summed E-state index contributed by atoms with van der Waals surface area (Å²) in [5.41, 5.74) is 2.75. The number of benzene rings is 2. The van der Waals surface area contributed by atoms with Crippen molar-refractivity contribution in [3.8, 4) is 0 Å². The second-order valence-electron chi connectivity index (χ2n) is 7.49. The van der Waals surface area contributed by atoms with E-state index in [2.05, 4.69) is 12.3 Å². The van der Waals surface area contributed by atoms with Crippen LogP contribution in [0.15, 0.2) is 36.4 Å². The molecule has 0 aliphatic carbocycles. The first-order chi connectivity index (χ1) is 12.1.